The zero-order valence-electron chi connectivity index (χ0n) is 14.2. The van der Waals surface area contributed by atoms with Crippen molar-refractivity contribution in [2.45, 2.75) is 25.7 Å². The summed E-state index contributed by atoms with van der Waals surface area (Å²) in [6.07, 6.45) is 3.35. The van der Waals surface area contributed by atoms with E-state index in [1.807, 2.05) is 30.5 Å². The van der Waals surface area contributed by atoms with E-state index in [9.17, 15) is 14.4 Å². The van der Waals surface area contributed by atoms with Gasteiger partial charge in [-0.05, 0) is 24.5 Å². The van der Waals surface area contributed by atoms with Gasteiger partial charge in [0.15, 0.2) is 6.61 Å². The van der Waals surface area contributed by atoms with Gasteiger partial charge in [-0.1, -0.05) is 18.2 Å². The lowest BCUT2D eigenvalue weighted by atomic mass is 10.1. The third-order valence-electron chi connectivity index (χ3n) is 3.75. The molecule has 1 aromatic carbocycles. The molecule has 0 unspecified atom stereocenters. The summed E-state index contributed by atoms with van der Waals surface area (Å²) in [4.78, 5) is 37.4. The molecule has 7 nitrogen and oxygen atoms in total. The Morgan fingerprint density at radius 2 is 1.92 bits per heavy atom. The van der Waals surface area contributed by atoms with Crippen molar-refractivity contribution in [1.29, 1.82) is 0 Å². The monoisotopic (exact) mass is 346 g/mol. The van der Waals surface area contributed by atoms with Crippen molar-refractivity contribution in [2.75, 3.05) is 20.3 Å². The maximum absolute atomic E-state index is 11.8. The summed E-state index contributed by atoms with van der Waals surface area (Å²) in [7, 11) is 1.32. The van der Waals surface area contributed by atoms with Crippen LogP contribution in [-0.2, 0) is 30.3 Å². The standard InChI is InChI=1S/C18H22N2O5/c1-24-17(22)7-4-10-19-16(21)12-25-18(23)9-8-13-11-20-15-6-3-2-5-14(13)15/h2-3,5-6,11,20H,4,7-10,12H2,1H3,(H,19,21). The van der Waals surface area contributed by atoms with Gasteiger partial charge in [0.05, 0.1) is 7.11 Å². The molecule has 1 amide bonds. The van der Waals surface area contributed by atoms with Gasteiger partial charge in [-0.25, -0.2) is 0 Å². The van der Waals surface area contributed by atoms with Gasteiger partial charge in [-0.2, -0.15) is 0 Å². The van der Waals surface area contributed by atoms with Gasteiger partial charge < -0.3 is 19.8 Å². The summed E-state index contributed by atoms with van der Waals surface area (Å²) in [6.45, 7) is 0.0196. The molecule has 0 bridgehead atoms. The van der Waals surface area contributed by atoms with Crippen LogP contribution in [0.4, 0.5) is 0 Å². The van der Waals surface area contributed by atoms with Crippen molar-refractivity contribution in [3.05, 3.63) is 36.0 Å². The molecule has 2 rings (SSSR count). The molecule has 0 radical (unpaired) electrons. The fourth-order valence-corrected chi connectivity index (χ4v) is 2.41. The molecule has 2 aromatic rings. The molecule has 1 aromatic heterocycles. The van der Waals surface area contributed by atoms with Crippen LogP contribution in [-0.4, -0.2) is 43.1 Å². The van der Waals surface area contributed by atoms with Gasteiger partial charge in [0.1, 0.15) is 0 Å². The quantitative estimate of drug-likeness (QED) is 0.532. The molecular weight excluding hydrogens is 324 g/mol. The highest BCUT2D eigenvalue weighted by atomic mass is 16.5. The molecule has 134 valence electrons. The highest BCUT2D eigenvalue weighted by Gasteiger charge is 2.10. The molecule has 1 heterocycles. The number of ether oxygens (including phenoxy) is 2. The molecule has 2 N–H and O–H groups in total. The lowest BCUT2D eigenvalue weighted by molar-refractivity contribution is -0.148. The second kappa shape index (κ2) is 9.46. The molecule has 0 spiro atoms. The Labute approximate surface area is 145 Å². The number of rotatable bonds is 9. The number of nitrogens with one attached hydrogen (secondary N) is 2. The number of esters is 2. The summed E-state index contributed by atoms with van der Waals surface area (Å²) >= 11 is 0. The summed E-state index contributed by atoms with van der Waals surface area (Å²) in [5.41, 5.74) is 2.07. The van der Waals surface area contributed by atoms with Crippen LogP contribution in [0.15, 0.2) is 30.5 Å². The summed E-state index contributed by atoms with van der Waals surface area (Å²) in [6, 6.07) is 7.86. The van der Waals surface area contributed by atoms with E-state index in [1.54, 1.807) is 0 Å². The summed E-state index contributed by atoms with van der Waals surface area (Å²) in [5, 5.41) is 3.66. The topological polar surface area (TPSA) is 97.5 Å². The summed E-state index contributed by atoms with van der Waals surface area (Å²) in [5.74, 6) is -1.13. The van der Waals surface area contributed by atoms with E-state index < -0.39 is 5.97 Å². The second-order valence-corrected chi connectivity index (χ2v) is 5.55. The molecule has 0 aliphatic carbocycles. The molecule has 0 aliphatic rings. The van der Waals surface area contributed by atoms with Crippen LogP contribution < -0.4 is 5.32 Å². The number of fused-ring (bicyclic) bond motifs is 1. The molecular formula is C18H22N2O5. The van der Waals surface area contributed by atoms with E-state index in [0.717, 1.165) is 16.5 Å². The Kier molecular flexibility index (Phi) is 7.00. The zero-order chi connectivity index (χ0) is 18.1. The lowest BCUT2D eigenvalue weighted by Crippen LogP contribution is -2.30. The first-order valence-electron chi connectivity index (χ1n) is 8.14. The minimum Gasteiger partial charge on any atom is -0.469 e. The van der Waals surface area contributed by atoms with Gasteiger partial charge >= 0.3 is 11.9 Å². The van der Waals surface area contributed by atoms with Crippen LogP contribution in [0.3, 0.4) is 0 Å². The molecule has 0 saturated heterocycles. The number of benzene rings is 1. The number of hydrogen-bond donors (Lipinski definition) is 2. The Bertz CT molecular complexity index is 738. The third kappa shape index (κ3) is 5.95. The average Bonchev–Trinajstić information content (AvgIpc) is 3.04. The number of carbonyl (C=O) groups is 3. The minimum atomic E-state index is -0.421. The van der Waals surface area contributed by atoms with E-state index in [-0.39, 0.29) is 31.3 Å². The predicted octanol–water partition coefficient (Wildman–Crippen LogP) is 1.71. The Balaban J connectivity index is 1.63. The van der Waals surface area contributed by atoms with Crippen molar-refractivity contribution in [1.82, 2.24) is 10.3 Å². The first kappa shape index (κ1) is 18.5. The lowest BCUT2D eigenvalue weighted by Gasteiger charge is -2.06. The molecule has 7 heteroatoms. The largest absolute Gasteiger partial charge is 0.469 e. The van der Waals surface area contributed by atoms with Crippen LogP contribution in [0.2, 0.25) is 0 Å². The van der Waals surface area contributed by atoms with Gasteiger partial charge in [-0.3, -0.25) is 14.4 Å². The van der Waals surface area contributed by atoms with E-state index >= 15 is 0 Å². The Hall–Kier alpha value is -2.83. The van der Waals surface area contributed by atoms with Crippen LogP contribution in [0.5, 0.6) is 0 Å². The highest BCUT2D eigenvalue weighted by molar-refractivity contribution is 5.84. The van der Waals surface area contributed by atoms with Crippen molar-refractivity contribution < 1.29 is 23.9 Å². The van der Waals surface area contributed by atoms with Gasteiger partial charge in [0, 0.05) is 36.5 Å². The van der Waals surface area contributed by atoms with Crippen molar-refractivity contribution in [3.63, 3.8) is 0 Å². The molecule has 0 saturated carbocycles. The first-order valence-corrected chi connectivity index (χ1v) is 8.14. The van der Waals surface area contributed by atoms with E-state index in [2.05, 4.69) is 15.0 Å². The van der Waals surface area contributed by atoms with Gasteiger partial charge in [-0.15, -0.1) is 0 Å². The van der Waals surface area contributed by atoms with Crippen molar-refractivity contribution in [2.24, 2.45) is 0 Å². The van der Waals surface area contributed by atoms with E-state index in [1.165, 1.54) is 7.11 Å². The highest BCUT2D eigenvalue weighted by Crippen LogP contribution is 2.19. The maximum atomic E-state index is 11.8. The molecule has 0 atom stereocenters. The smallest absolute Gasteiger partial charge is 0.306 e. The molecule has 0 fully saturated rings. The first-order chi connectivity index (χ1) is 12.1. The fraction of sp³-hybridized carbons (Fsp3) is 0.389. The second-order valence-electron chi connectivity index (χ2n) is 5.55. The van der Waals surface area contributed by atoms with E-state index in [4.69, 9.17) is 4.74 Å². The average molecular weight is 346 g/mol. The number of hydrogen-bond acceptors (Lipinski definition) is 5. The van der Waals surface area contributed by atoms with Gasteiger partial charge in [0.2, 0.25) is 0 Å². The van der Waals surface area contributed by atoms with Crippen LogP contribution in [0, 0.1) is 0 Å². The summed E-state index contributed by atoms with van der Waals surface area (Å²) < 4.78 is 9.46. The van der Waals surface area contributed by atoms with Gasteiger partial charge in [0.25, 0.3) is 5.91 Å². The Morgan fingerprint density at radius 3 is 2.72 bits per heavy atom. The number of aromatic amines is 1. The van der Waals surface area contributed by atoms with Crippen LogP contribution >= 0.6 is 0 Å². The van der Waals surface area contributed by atoms with Crippen LogP contribution in [0.25, 0.3) is 10.9 Å². The van der Waals surface area contributed by atoms with Crippen LogP contribution in [0.1, 0.15) is 24.8 Å². The molecule has 25 heavy (non-hydrogen) atoms. The normalized spacial score (nSPS) is 10.4. The van der Waals surface area contributed by atoms with Crippen molar-refractivity contribution in [3.8, 4) is 0 Å². The number of para-hydroxylation sites is 1. The van der Waals surface area contributed by atoms with Crippen molar-refractivity contribution >= 4 is 28.7 Å². The Morgan fingerprint density at radius 1 is 1.12 bits per heavy atom. The number of aromatic nitrogens is 1. The third-order valence-corrected chi connectivity index (χ3v) is 3.75. The minimum absolute atomic E-state index is 0.206. The number of methoxy groups -OCH3 is 1. The number of H-pyrrole nitrogens is 1. The number of aryl methyl sites for hydroxylation is 1. The fourth-order valence-electron chi connectivity index (χ4n) is 2.41. The number of carbonyl (C=O) groups excluding carboxylic acids is 3. The number of amides is 1. The maximum Gasteiger partial charge on any atom is 0.306 e. The zero-order valence-corrected chi connectivity index (χ0v) is 14.2. The SMILES string of the molecule is COC(=O)CCCNC(=O)COC(=O)CCc1c[nH]c2ccccc12. The predicted molar refractivity (Wildman–Crippen MR) is 91.8 cm³/mol. The van der Waals surface area contributed by atoms with E-state index in [0.29, 0.717) is 19.4 Å². The molecule has 0 aliphatic heterocycles.